The maximum Gasteiger partial charge on any atom is 0.269 e. The lowest BCUT2D eigenvalue weighted by atomic mass is 9.85. The summed E-state index contributed by atoms with van der Waals surface area (Å²) in [6.45, 7) is 0. The van der Waals surface area contributed by atoms with Gasteiger partial charge in [-0.1, -0.05) is 30.3 Å². The molecule has 8 heteroatoms. The van der Waals surface area contributed by atoms with E-state index in [1.54, 1.807) is 30.2 Å². The van der Waals surface area contributed by atoms with Crippen molar-refractivity contribution in [2.75, 3.05) is 0 Å². The number of amides is 2. The third-order valence-corrected chi connectivity index (χ3v) is 5.13. The largest absolute Gasteiger partial charge is 0.312 e. The Labute approximate surface area is 144 Å². The Morgan fingerprint density at radius 3 is 2.58 bits per heavy atom. The van der Waals surface area contributed by atoms with E-state index < -0.39 is 0 Å². The SMILES string of the molecule is Cn1cnnc1SCc1ccc(C(=O)NNC(=O)C2CCC2)cc1. The lowest BCUT2D eigenvalue weighted by molar-refractivity contribution is -0.128. The summed E-state index contributed by atoms with van der Waals surface area (Å²) in [4.78, 5) is 23.7. The van der Waals surface area contributed by atoms with Gasteiger partial charge in [-0.05, 0) is 30.5 Å². The van der Waals surface area contributed by atoms with Gasteiger partial charge in [-0.25, -0.2) is 0 Å². The molecule has 1 fully saturated rings. The zero-order valence-corrected chi connectivity index (χ0v) is 14.2. The lowest BCUT2D eigenvalue weighted by Gasteiger charge is -2.23. The molecule has 0 unspecified atom stereocenters. The van der Waals surface area contributed by atoms with Gasteiger partial charge in [0.2, 0.25) is 5.91 Å². The molecule has 1 aliphatic rings. The summed E-state index contributed by atoms with van der Waals surface area (Å²) in [6.07, 6.45) is 4.55. The summed E-state index contributed by atoms with van der Waals surface area (Å²) in [6, 6.07) is 7.28. The van der Waals surface area contributed by atoms with Crippen LogP contribution in [0.5, 0.6) is 0 Å². The first-order valence-corrected chi connectivity index (χ1v) is 8.78. The maximum absolute atomic E-state index is 12.0. The number of aromatic nitrogens is 3. The quantitative estimate of drug-likeness (QED) is 0.636. The highest BCUT2D eigenvalue weighted by atomic mass is 32.2. The van der Waals surface area contributed by atoms with Gasteiger partial charge in [-0.3, -0.25) is 20.4 Å². The van der Waals surface area contributed by atoms with Crippen molar-refractivity contribution < 1.29 is 9.59 Å². The predicted molar refractivity (Wildman–Crippen MR) is 90.0 cm³/mol. The number of hydrogen-bond acceptors (Lipinski definition) is 5. The van der Waals surface area contributed by atoms with Gasteiger partial charge in [0, 0.05) is 24.3 Å². The molecular formula is C16H19N5O2S. The van der Waals surface area contributed by atoms with Crippen molar-refractivity contribution in [1.29, 1.82) is 0 Å². The molecule has 0 aliphatic heterocycles. The van der Waals surface area contributed by atoms with E-state index in [9.17, 15) is 9.59 Å². The van der Waals surface area contributed by atoms with Gasteiger partial charge in [-0.2, -0.15) is 0 Å². The van der Waals surface area contributed by atoms with Crippen LogP contribution in [0, 0.1) is 5.92 Å². The fraction of sp³-hybridized carbons (Fsp3) is 0.375. The smallest absolute Gasteiger partial charge is 0.269 e. The van der Waals surface area contributed by atoms with Gasteiger partial charge in [0.15, 0.2) is 5.16 Å². The van der Waals surface area contributed by atoms with Gasteiger partial charge in [0.1, 0.15) is 6.33 Å². The number of carbonyl (C=O) groups is 2. The maximum atomic E-state index is 12.0. The topological polar surface area (TPSA) is 88.9 Å². The highest BCUT2D eigenvalue weighted by molar-refractivity contribution is 7.98. The normalized spacial score (nSPS) is 14.0. The molecule has 2 amide bonds. The Kier molecular flexibility index (Phi) is 5.14. The number of thioether (sulfide) groups is 1. The Bertz CT molecular complexity index is 724. The summed E-state index contributed by atoms with van der Waals surface area (Å²) < 4.78 is 1.86. The molecule has 2 N–H and O–H groups in total. The highest BCUT2D eigenvalue weighted by Crippen LogP contribution is 2.25. The van der Waals surface area contributed by atoms with E-state index in [1.807, 2.05) is 23.7 Å². The van der Waals surface area contributed by atoms with Gasteiger partial charge in [0.05, 0.1) is 0 Å². The second-order valence-corrected chi connectivity index (χ2v) is 6.72. The number of carbonyl (C=O) groups excluding carboxylic acids is 2. The van der Waals surface area contributed by atoms with Crippen LogP contribution in [0.1, 0.15) is 35.2 Å². The lowest BCUT2D eigenvalue weighted by Crippen LogP contribution is -2.46. The molecule has 0 spiro atoms. The van der Waals surface area contributed by atoms with Crippen LogP contribution in [0.4, 0.5) is 0 Å². The molecule has 0 saturated heterocycles. The molecule has 1 aliphatic carbocycles. The first-order valence-electron chi connectivity index (χ1n) is 7.79. The Morgan fingerprint density at radius 2 is 2.00 bits per heavy atom. The Morgan fingerprint density at radius 1 is 1.25 bits per heavy atom. The van der Waals surface area contributed by atoms with Crippen molar-refractivity contribution in [3.8, 4) is 0 Å². The molecular weight excluding hydrogens is 326 g/mol. The standard InChI is InChI=1S/C16H19N5O2S/c1-21-10-17-20-16(21)24-9-11-5-7-13(8-6-11)15(23)19-18-14(22)12-3-2-4-12/h5-8,10,12H,2-4,9H2,1H3,(H,18,22)(H,19,23). The minimum absolute atomic E-state index is 0.0466. The average molecular weight is 345 g/mol. The molecule has 3 rings (SSSR count). The Balaban J connectivity index is 1.49. The fourth-order valence-corrected chi connectivity index (χ4v) is 3.11. The zero-order chi connectivity index (χ0) is 16.9. The minimum atomic E-state index is -0.310. The molecule has 126 valence electrons. The monoisotopic (exact) mass is 345 g/mol. The minimum Gasteiger partial charge on any atom is -0.312 e. The van der Waals surface area contributed by atoms with Crippen molar-refractivity contribution in [3.63, 3.8) is 0 Å². The van der Waals surface area contributed by atoms with Gasteiger partial charge >= 0.3 is 0 Å². The second-order valence-electron chi connectivity index (χ2n) is 5.78. The van der Waals surface area contributed by atoms with Crippen LogP contribution in [-0.2, 0) is 17.6 Å². The number of hydrazine groups is 1. The molecule has 1 saturated carbocycles. The third-order valence-electron chi connectivity index (χ3n) is 4.03. The first kappa shape index (κ1) is 16.5. The molecule has 0 radical (unpaired) electrons. The summed E-state index contributed by atoms with van der Waals surface area (Å²) in [5.74, 6) is 0.374. The van der Waals surface area contributed by atoms with Crippen LogP contribution < -0.4 is 10.9 Å². The number of nitrogens with zero attached hydrogens (tertiary/aromatic N) is 3. The summed E-state index contributed by atoms with van der Waals surface area (Å²) in [5, 5.41) is 8.69. The number of rotatable bonds is 5. The van der Waals surface area contributed by atoms with Crippen molar-refractivity contribution in [1.82, 2.24) is 25.6 Å². The van der Waals surface area contributed by atoms with Gasteiger partial charge in [-0.15, -0.1) is 10.2 Å². The van der Waals surface area contributed by atoms with Crippen LogP contribution in [0.2, 0.25) is 0 Å². The average Bonchev–Trinajstić information content (AvgIpc) is 2.94. The predicted octanol–water partition coefficient (Wildman–Crippen LogP) is 1.67. The zero-order valence-electron chi connectivity index (χ0n) is 13.4. The van der Waals surface area contributed by atoms with E-state index in [0.717, 1.165) is 35.7 Å². The molecule has 0 bridgehead atoms. The van der Waals surface area contributed by atoms with E-state index >= 15 is 0 Å². The molecule has 1 aromatic carbocycles. The third kappa shape index (κ3) is 3.94. The summed E-state index contributed by atoms with van der Waals surface area (Å²) >= 11 is 1.58. The second kappa shape index (κ2) is 7.48. The molecule has 1 aromatic heterocycles. The van der Waals surface area contributed by atoms with E-state index in [-0.39, 0.29) is 17.7 Å². The number of benzene rings is 1. The number of aryl methyl sites for hydroxylation is 1. The number of nitrogens with one attached hydrogen (secondary N) is 2. The van der Waals surface area contributed by atoms with Crippen LogP contribution in [0.25, 0.3) is 0 Å². The summed E-state index contributed by atoms with van der Waals surface area (Å²) in [5.41, 5.74) is 6.54. The van der Waals surface area contributed by atoms with Gasteiger partial charge in [0.25, 0.3) is 5.91 Å². The van der Waals surface area contributed by atoms with Crippen molar-refractivity contribution in [2.24, 2.45) is 13.0 Å². The molecule has 24 heavy (non-hydrogen) atoms. The Hall–Kier alpha value is -2.35. The van der Waals surface area contributed by atoms with E-state index in [1.165, 1.54) is 0 Å². The van der Waals surface area contributed by atoms with Crippen molar-refractivity contribution in [3.05, 3.63) is 41.7 Å². The van der Waals surface area contributed by atoms with Crippen molar-refractivity contribution >= 4 is 23.6 Å². The number of hydrogen-bond donors (Lipinski definition) is 2. The summed E-state index contributed by atoms with van der Waals surface area (Å²) in [7, 11) is 1.90. The van der Waals surface area contributed by atoms with Crippen LogP contribution >= 0.6 is 11.8 Å². The highest BCUT2D eigenvalue weighted by Gasteiger charge is 2.25. The van der Waals surface area contributed by atoms with E-state index in [2.05, 4.69) is 21.0 Å². The molecule has 7 nitrogen and oxygen atoms in total. The van der Waals surface area contributed by atoms with Gasteiger partial charge < -0.3 is 4.57 Å². The molecule has 1 heterocycles. The molecule has 0 atom stereocenters. The van der Waals surface area contributed by atoms with Crippen LogP contribution in [-0.4, -0.2) is 26.6 Å². The fourth-order valence-electron chi connectivity index (χ4n) is 2.27. The van der Waals surface area contributed by atoms with Crippen molar-refractivity contribution in [2.45, 2.75) is 30.2 Å². The van der Waals surface area contributed by atoms with Crippen LogP contribution in [0.3, 0.4) is 0 Å². The van der Waals surface area contributed by atoms with E-state index in [0.29, 0.717) is 5.56 Å². The first-order chi connectivity index (χ1) is 11.6. The van der Waals surface area contributed by atoms with Crippen LogP contribution in [0.15, 0.2) is 35.7 Å². The molecule has 2 aromatic rings. The van der Waals surface area contributed by atoms with E-state index in [4.69, 9.17) is 0 Å².